The molecular weight excluding hydrogens is 168 g/mol. The molecule has 0 aromatic heterocycles. The molecule has 14 heavy (non-hydrogen) atoms. The molecule has 0 aliphatic rings. The van der Waals surface area contributed by atoms with Gasteiger partial charge in [0.25, 0.3) is 0 Å². The van der Waals surface area contributed by atoms with E-state index in [1.807, 2.05) is 0 Å². The lowest BCUT2D eigenvalue weighted by Gasteiger charge is -2.17. The highest BCUT2D eigenvalue weighted by molar-refractivity contribution is 5.30. The first kappa shape index (κ1) is 13.2. The summed E-state index contributed by atoms with van der Waals surface area (Å²) in [4.78, 5) is 0. The Bertz CT molecular complexity index is 253. The third-order valence-electron chi connectivity index (χ3n) is 2.91. The Hall–Kier alpha value is -0.780. The van der Waals surface area contributed by atoms with Crippen LogP contribution in [0.3, 0.4) is 0 Å². The number of allylic oxidation sites excluding steroid dienone is 5. The summed E-state index contributed by atoms with van der Waals surface area (Å²) < 4.78 is 0. The molecule has 0 fully saturated rings. The van der Waals surface area contributed by atoms with Gasteiger partial charge in [0, 0.05) is 5.92 Å². The van der Waals surface area contributed by atoms with Crippen LogP contribution >= 0.6 is 0 Å². The largest absolute Gasteiger partial charge is 0.0995 e. The molecule has 1 radical (unpaired) electrons. The number of hydrogen-bond acceptors (Lipinski definition) is 0. The Kier molecular flexibility index (Phi) is 5.52. The predicted molar refractivity (Wildman–Crippen MR) is 66.1 cm³/mol. The van der Waals surface area contributed by atoms with Gasteiger partial charge < -0.3 is 0 Å². The van der Waals surface area contributed by atoms with Crippen LogP contribution < -0.4 is 0 Å². The second-order valence-electron chi connectivity index (χ2n) is 4.07. The molecule has 0 aliphatic heterocycles. The Morgan fingerprint density at radius 1 is 1.07 bits per heavy atom. The highest BCUT2D eigenvalue weighted by atomic mass is 14.2. The standard InChI is InChI=1S/C14H23/c1-8-11(4)12(5)9-13(6)14(7)10(2)3/h8-9,13H,2H2,1,3-7H3/b11-8+,12-9?. The summed E-state index contributed by atoms with van der Waals surface area (Å²) in [5, 5.41) is 0. The molecule has 0 spiro atoms. The molecule has 0 N–H and O–H groups in total. The Balaban J connectivity index is 4.58. The van der Waals surface area contributed by atoms with Gasteiger partial charge in [0.1, 0.15) is 0 Å². The van der Waals surface area contributed by atoms with Crippen molar-refractivity contribution in [1.82, 2.24) is 0 Å². The van der Waals surface area contributed by atoms with E-state index in [4.69, 9.17) is 0 Å². The van der Waals surface area contributed by atoms with Crippen molar-refractivity contribution in [1.29, 1.82) is 0 Å². The van der Waals surface area contributed by atoms with Crippen molar-refractivity contribution in [3.63, 3.8) is 0 Å². The molecule has 0 heterocycles. The molecule has 0 bridgehead atoms. The first-order valence-electron chi connectivity index (χ1n) is 5.21. The van der Waals surface area contributed by atoms with Crippen LogP contribution in [0, 0.1) is 11.8 Å². The first-order chi connectivity index (χ1) is 6.40. The summed E-state index contributed by atoms with van der Waals surface area (Å²) >= 11 is 0. The second kappa shape index (κ2) is 5.85. The van der Waals surface area contributed by atoms with Crippen LogP contribution in [0.4, 0.5) is 0 Å². The van der Waals surface area contributed by atoms with E-state index in [1.54, 1.807) is 0 Å². The van der Waals surface area contributed by atoms with Crippen molar-refractivity contribution < 1.29 is 0 Å². The van der Waals surface area contributed by atoms with Gasteiger partial charge >= 0.3 is 0 Å². The van der Waals surface area contributed by atoms with E-state index >= 15 is 0 Å². The van der Waals surface area contributed by atoms with Crippen LogP contribution in [-0.4, -0.2) is 0 Å². The zero-order valence-corrected chi connectivity index (χ0v) is 10.4. The van der Waals surface area contributed by atoms with Crippen molar-refractivity contribution in [2.45, 2.75) is 41.5 Å². The Morgan fingerprint density at radius 2 is 1.57 bits per heavy atom. The van der Waals surface area contributed by atoms with E-state index in [1.165, 1.54) is 22.6 Å². The molecule has 0 nitrogen and oxygen atoms in total. The van der Waals surface area contributed by atoms with Crippen LogP contribution in [0.15, 0.2) is 35.5 Å². The van der Waals surface area contributed by atoms with Gasteiger partial charge in [-0.05, 0) is 33.6 Å². The summed E-state index contributed by atoms with van der Waals surface area (Å²) in [7, 11) is 0. The Labute approximate surface area is 89.4 Å². The van der Waals surface area contributed by atoms with Crippen LogP contribution in [0.5, 0.6) is 0 Å². The molecule has 0 saturated carbocycles. The van der Waals surface area contributed by atoms with E-state index in [-0.39, 0.29) is 0 Å². The summed E-state index contributed by atoms with van der Waals surface area (Å²) in [5.41, 5.74) is 3.90. The lowest BCUT2D eigenvalue weighted by atomic mass is 9.88. The summed E-state index contributed by atoms with van der Waals surface area (Å²) in [6, 6.07) is 0. The smallest absolute Gasteiger partial charge is 0.00347 e. The van der Waals surface area contributed by atoms with Crippen molar-refractivity contribution in [2.75, 3.05) is 0 Å². The van der Waals surface area contributed by atoms with E-state index in [9.17, 15) is 0 Å². The highest BCUT2D eigenvalue weighted by Gasteiger charge is 2.11. The summed E-state index contributed by atoms with van der Waals surface area (Å²) in [5.74, 6) is 1.86. The van der Waals surface area contributed by atoms with Gasteiger partial charge in [0.05, 0.1) is 0 Å². The lowest BCUT2D eigenvalue weighted by molar-refractivity contribution is 0.753. The Morgan fingerprint density at radius 3 is 1.93 bits per heavy atom. The van der Waals surface area contributed by atoms with Gasteiger partial charge in [0.2, 0.25) is 0 Å². The normalized spacial score (nSPS) is 15.9. The highest BCUT2D eigenvalue weighted by Crippen LogP contribution is 2.24. The van der Waals surface area contributed by atoms with Gasteiger partial charge in [0.15, 0.2) is 0 Å². The molecule has 0 aromatic rings. The minimum atomic E-state index is 0.488. The summed E-state index contributed by atoms with van der Waals surface area (Å²) in [6.45, 7) is 16.8. The molecular formula is C14H23. The molecule has 0 heteroatoms. The maximum absolute atomic E-state index is 3.97. The molecule has 1 atom stereocenters. The number of rotatable bonds is 4. The van der Waals surface area contributed by atoms with Crippen molar-refractivity contribution >= 4 is 0 Å². The fourth-order valence-electron chi connectivity index (χ4n) is 1.25. The first-order valence-corrected chi connectivity index (χ1v) is 5.21. The fourth-order valence-corrected chi connectivity index (χ4v) is 1.25. The van der Waals surface area contributed by atoms with Crippen LogP contribution in [-0.2, 0) is 0 Å². The van der Waals surface area contributed by atoms with Gasteiger partial charge in [-0.15, -0.1) is 0 Å². The monoisotopic (exact) mass is 191 g/mol. The zero-order chi connectivity index (χ0) is 11.3. The van der Waals surface area contributed by atoms with Gasteiger partial charge in [-0.25, -0.2) is 0 Å². The molecule has 0 amide bonds. The maximum Gasteiger partial charge on any atom is 0.00347 e. The lowest BCUT2D eigenvalue weighted by Crippen LogP contribution is -2.04. The minimum Gasteiger partial charge on any atom is -0.0995 e. The molecule has 0 aliphatic carbocycles. The molecule has 0 saturated heterocycles. The van der Waals surface area contributed by atoms with E-state index in [0.717, 1.165) is 0 Å². The molecule has 79 valence electrons. The second-order valence-corrected chi connectivity index (χ2v) is 4.07. The molecule has 0 aromatic carbocycles. The average molecular weight is 191 g/mol. The zero-order valence-electron chi connectivity index (χ0n) is 10.4. The number of hydrogen-bond donors (Lipinski definition) is 0. The van der Waals surface area contributed by atoms with E-state index in [0.29, 0.717) is 5.92 Å². The molecule has 0 rings (SSSR count). The molecule has 1 unspecified atom stereocenters. The van der Waals surface area contributed by atoms with Crippen LogP contribution in [0.1, 0.15) is 41.5 Å². The third kappa shape index (κ3) is 3.95. The van der Waals surface area contributed by atoms with Crippen LogP contribution in [0.25, 0.3) is 0 Å². The van der Waals surface area contributed by atoms with Crippen molar-refractivity contribution in [3.05, 3.63) is 41.4 Å². The van der Waals surface area contributed by atoms with Gasteiger partial charge in [-0.2, -0.15) is 0 Å². The topological polar surface area (TPSA) is 0 Å². The SMILES string of the molecule is C=C(C)[C](C)C(C)C=C(C)/C(C)=C/C. The van der Waals surface area contributed by atoms with E-state index in [2.05, 4.69) is 60.3 Å². The van der Waals surface area contributed by atoms with E-state index < -0.39 is 0 Å². The van der Waals surface area contributed by atoms with Gasteiger partial charge in [-0.1, -0.05) is 49.3 Å². The van der Waals surface area contributed by atoms with Crippen molar-refractivity contribution in [2.24, 2.45) is 5.92 Å². The average Bonchev–Trinajstić information content (AvgIpc) is 2.14. The minimum absolute atomic E-state index is 0.488. The summed E-state index contributed by atoms with van der Waals surface area (Å²) in [6.07, 6.45) is 4.45. The van der Waals surface area contributed by atoms with Gasteiger partial charge in [-0.3, -0.25) is 0 Å². The van der Waals surface area contributed by atoms with Crippen LogP contribution in [0.2, 0.25) is 0 Å². The third-order valence-corrected chi connectivity index (χ3v) is 2.91. The van der Waals surface area contributed by atoms with Crippen molar-refractivity contribution in [3.8, 4) is 0 Å². The fraction of sp³-hybridized carbons (Fsp3) is 0.500. The quantitative estimate of drug-likeness (QED) is 0.565. The maximum atomic E-state index is 3.97. The predicted octanol–water partition coefficient (Wildman–Crippen LogP) is 4.71.